The van der Waals surface area contributed by atoms with Gasteiger partial charge in [-0.05, 0) is 56.3 Å². The van der Waals surface area contributed by atoms with Crippen LogP contribution in [-0.2, 0) is 6.42 Å². The molecule has 142 valence electrons. The van der Waals surface area contributed by atoms with Gasteiger partial charge in [0.2, 0.25) is 0 Å². The molecule has 2 aromatic rings. The van der Waals surface area contributed by atoms with Crippen molar-refractivity contribution in [2.45, 2.75) is 32.4 Å². The standard InChI is InChI=1S/C22H27N3O2/c1-16(26)19-9-6-10-20(15-19)25(2)22(27)24-21-14-18(11-12-23-21)13-17-7-4-3-5-8-17/h3-10,15,18,21,23H,11-14H2,1-2H3,(H,24,27)/t18-,21-/m1/s1. The Balaban J connectivity index is 1.58. The van der Waals surface area contributed by atoms with Crippen LogP contribution in [0.2, 0.25) is 0 Å². The highest BCUT2D eigenvalue weighted by molar-refractivity contribution is 5.97. The number of nitrogens with zero attached hydrogens (tertiary/aromatic N) is 1. The van der Waals surface area contributed by atoms with E-state index in [4.69, 9.17) is 0 Å². The third-order valence-electron chi connectivity index (χ3n) is 5.12. The molecule has 1 aliphatic heterocycles. The highest BCUT2D eigenvalue weighted by atomic mass is 16.2. The largest absolute Gasteiger partial charge is 0.322 e. The number of benzene rings is 2. The predicted molar refractivity (Wildman–Crippen MR) is 108 cm³/mol. The molecule has 0 unspecified atom stereocenters. The number of carbonyl (C=O) groups excluding carboxylic acids is 2. The van der Waals surface area contributed by atoms with E-state index in [0.717, 1.165) is 25.8 Å². The van der Waals surface area contributed by atoms with Gasteiger partial charge in [-0.15, -0.1) is 0 Å². The Bertz CT molecular complexity index is 791. The number of rotatable bonds is 5. The van der Waals surface area contributed by atoms with Crippen LogP contribution < -0.4 is 15.5 Å². The molecule has 1 aliphatic rings. The quantitative estimate of drug-likeness (QED) is 0.796. The number of hydrogen-bond donors (Lipinski definition) is 2. The van der Waals surface area contributed by atoms with Crippen LogP contribution in [0.5, 0.6) is 0 Å². The van der Waals surface area contributed by atoms with E-state index in [0.29, 0.717) is 17.2 Å². The number of ketones is 1. The molecule has 2 aromatic carbocycles. The summed E-state index contributed by atoms with van der Waals surface area (Å²) in [6, 6.07) is 17.4. The highest BCUT2D eigenvalue weighted by Gasteiger charge is 2.24. The fourth-order valence-corrected chi connectivity index (χ4v) is 3.54. The minimum Gasteiger partial charge on any atom is -0.322 e. The molecule has 27 heavy (non-hydrogen) atoms. The Morgan fingerprint density at radius 1 is 1.15 bits per heavy atom. The van der Waals surface area contributed by atoms with E-state index in [1.54, 1.807) is 30.1 Å². The average Bonchev–Trinajstić information content (AvgIpc) is 2.68. The van der Waals surface area contributed by atoms with Crippen LogP contribution in [0.3, 0.4) is 0 Å². The number of urea groups is 1. The van der Waals surface area contributed by atoms with Crippen LogP contribution in [-0.4, -0.2) is 31.6 Å². The maximum absolute atomic E-state index is 12.6. The summed E-state index contributed by atoms with van der Waals surface area (Å²) in [5.41, 5.74) is 2.65. The van der Waals surface area contributed by atoms with Crippen molar-refractivity contribution in [1.29, 1.82) is 0 Å². The summed E-state index contributed by atoms with van der Waals surface area (Å²) in [5, 5.41) is 6.46. The minimum absolute atomic E-state index is 0.0108. The summed E-state index contributed by atoms with van der Waals surface area (Å²) >= 11 is 0. The van der Waals surface area contributed by atoms with Crippen molar-refractivity contribution in [2.75, 3.05) is 18.5 Å². The molecule has 5 nitrogen and oxygen atoms in total. The van der Waals surface area contributed by atoms with Gasteiger partial charge in [0, 0.05) is 18.3 Å². The van der Waals surface area contributed by atoms with E-state index >= 15 is 0 Å². The van der Waals surface area contributed by atoms with E-state index in [1.807, 2.05) is 12.1 Å². The van der Waals surface area contributed by atoms with Gasteiger partial charge < -0.3 is 5.32 Å². The fourth-order valence-electron chi connectivity index (χ4n) is 3.54. The van der Waals surface area contributed by atoms with Gasteiger partial charge in [0.1, 0.15) is 0 Å². The van der Waals surface area contributed by atoms with E-state index in [2.05, 4.69) is 34.9 Å². The second kappa shape index (κ2) is 8.82. The third-order valence-corrected chi connectivity index (χ3v) is 5.12. The zero-order chi connectivity index (χ0) is 19.2. The number of hydrogen-bond acceptors (Lipinski definition) is 3. The highest BCUT2D eigenvalue weighted by Crippen LogP contribution is 2.21. The van der Waals surface area contributed by atoms with Crippen molar-refractivity contribution in [3.63, 3.8) is 0 Å². The number of carbonyl (C=O) groups is 2. The Morgan fingerprint density at radius 3 is 2.67 bits per heavy atom. The van der Waals surface area contributed by atoms with Gasteiger partial charge >= 0.3 is 6.03 Å². The van der Waals surface area contributed by atoms with Gasteiger partial charge in [0.15, 0.2) is 5.78 Å². The SMILES string of the molecule is CC(=O)c1cccc(N(C)C(=O)N[C@@H]2C[C@@H](Cc3ccccc3)CCN2)c1. The third kappa shape index (κ3) is 5.17. The molecule has 2 atom stereocenters. The van der Waals surface area contributed by atoms with E-state index in [1.165, 1.54) is 12.5 Å². The molecule has 1 fully saturated rings. The van der Waals surface area contributed by atoms with Gasteiger partial charge in [-0.3, -0.25) is 15.0 Å². The second-order valence-electron chi connectivity index (χ2n) is 7.20. The Morgan fingerprint density at radius 2 is 1.93 bits per heavy atom. The molecule has 0 aromatic heterocycles. The first kappa shape index (κ1) is 19.1. The predicted octanol–water partition coefficient (Wildman–Crippen LogP) is 3.60. The molecule has 5 heteroatoms. The van der Waals surface area contributed by atoms with Crippen LogP contribution in [0.25, 0.3) is 0 Å². The first-order valence-corrected chi connectivity index (χ1v) is 9.45. The van der Waals surface area contributed by atoms with Gasteiger partial charge in [0.05, 0.1) is 6.17 Å². The molecular weight excluding hydrogens is 338 g/mol. The van der Waals surface area contributed by atoms with E-state index in [9.17, 15) is 9.59 Å². The van der Waals surface area contributed by atoms with Crippen molar-refractivity contribution in [2.24, 2.45) is 5.92 Å². The summed E-state index contributed by atoms with van der Waals surface area (Å²) in [5.74, 6) is 0.536. The van der Waals surface area contributed by atoms with Gasteiger partial charge in [-0.1, -0.05) is 42.5 Å². The molecule has 1 saturated heterocycles. The molecule has 1 heterocycles. The molecule has 0 bridgehead atoms. The summed E-state index contributed by atoms with van der Waals surface area (Å²) in [4.78, 5) is 25.8. The zero-order valence-electron chi connectivity index (χ0n) is 15.9. The van der Waals surface area contributed by atoms with Crippen LogP contribution >= 0.6 is 0 Å². The molecule has 2 N–H and O–H groups in total. The lowest BCUT2D eigenvalue weighted by molar-refractivity contribution is 0.101. The van der Waals surface area contributed by atoms with Crippen LogP contribution in [0.4, 0.5) is 10.5 Å². The maximum Gasteiger partial charge on any atom is 0.322 e. The minimum atomic E-state index is -0.173. The van der Waals surface area contributed by atoms with Gasteiger partial charge in [-0.2, -0.15) is 0 Å². The van der Waals surface area contributed by atoms with Crippen molar-refractivity contribution in [3.8, 4) is 0 Å². The fraction of sp³-hybridized carbons (Fsp3) is 0.364. The van der Waals surface area contributed by atoms with Crippen molar-refractivity contribution in [3.05, 3.63) is 65.7 Å². The molecule has 0 radical (unpaired) electrons. The maximum atomic E-state index is 12.6. The smallest absolute Gasteiger partial charge is 0.322 e. The first-order valence-electron chi connectivity index (χ1n) is 9.45. The molecule has 0 saturated carbocycles. The number of Topliss-reactive ketones (excluding diaryl/α,β-unsaturated/α-hetero) is 1. The lowest BCUT2D eigenvalue weighted by atomic mass is 9.89. The summed E-state index contributed by atoms with van der Waals surface area (Å²) < 4.78 is 0. The van der Waals surface area contributed by atoms with Gasteiger partial charge in [0.25, 0.3) is 0 Å². The molecular formula is C22H27N3O2. The monoisotopic (exact) mass is 365 g/mol. The van der Waals surface area contributed by atoms with Crippen molar-refractivity contribution < 1.29 is 9.59 Å². The van der Waals surface area contributed by atoms with E-state index in [-0.39, 0.29) is 18.0 Å². The number of amides is 2. The van der Waals surface area contributed by atoms with Crippen LogP contribution in [0, 0.1) is 5.92 Å². The average molecular weight is 365 g/mol. The molecule has 3 rings (SSSR count). The number of anilines is 1. The zero-order valence-corrected chi connectivity index (χ0v) is 15.9. The van der Waals surface area contributed by atoms with Crippen LogP contribution in [0.1, 0.15) is 35.7 Å². The first-order chi connectivity index (χ1) is 13.0. The second-order valence-corrected chi connectivity index (χ2v) is 7.20. The Kier molecular flexibility index (Phi) is 6.24. The van der Waals surface area contributed by atoms with Crippen LogP contribution in [0.15, 0.2) is 54.6 Å². The van der Waals surface area contributed by atoms with Crippen molar-refractivity contribution in [1.82, 2.24) is 10.6 Å². The summed E-state index contributed by atoms with van der Waals surface area (Å²) in [6.45, 7) is 2.42. The van der Waals surface area contributed by atoms with Gasteiger partial charge in [-0.25, -0.2) is 4.79 Å². The molecule has 0 spiro atoms. The molecule has 0 aliphatic carbocycles. The number of piperidine rings is 1. The molecule has 2 amide bonds. The normalized spacial score (nSPS) is 19.3. The van der Waals surface area contributed by atoms with E-state index < -0.39 is 0 Å². The Hall–Kier alpha value is -2.66. The lowest BCUT2D eigenvalue weighted by Crippen LogP contribution is -2.53. The lowest BCUT2D eigenvalue weighted by Gasteiger charge is -2.32. The number of nitrogens with one attached hydrogen (secondary N) is 2. The summed E-state index contributed by atoms with van der Waals surface area (Å²) in [7, 11) is 1.72. The topological polar surface area (TPSA) is 61.4 Å². The summed E-state index contributed by atoms with van der Waals surface area (Å²) in [6.07, 6.45) is 3.00. The van der Waals surface area contributed by atoms with Crippen molar-refractivity contribution >= 4 is 17.5 Å². The Labute approximate surface area is 160 Å².